The van der Waals surface area contributed by atoms with E-state index in [9.17, 15) is 18.8 Å². The van der Waals surface area contributed by atoms with Gasteiger partial charge in [0.1, 0.15) is 11.6 Å². The van der Waals surface area contributed by atoms with Gasteiger partial charge in [-0.05, 0) is 36.8 Å². The number of carbonyl (C=O) groups excluding carboxylic acids is 3. The maximum Gasteiger partial charge on any atom is 0.229 e. The van der Waals surface area contributed by atoms with Crippen LogP contribution >= 0.6 is 0 Å². The van der Waals surface area contributed by atoms with Crippen molar-refractivity contribution in [1.29, 1.82) is 0 Å². The first-order valence-electron chi connectivity index (χ1n) is 9.22. The summed E-state index contributed by atoms with van der Waals surface area (Å²) in [5, 5.41) is 2.75. The number of rotatable bonds is 7. The fraction of sp³-hybridized carbons (Fsp3) is 0.286. The van der Waals surface area contributed by atoms with Crippen molar-refractivity contribution in [2.24, 2.45) is 11.7 Å². The summed E-state index contributed by atoms with van der Waals surface area (Å²) in [6.07, 6.45) is 0.0420. The van der Waals surface area contributed by atoms with Crippen LogP contribution < -0.4 is 20.7 Å². The third-order valence-corrected chi connectivity index (χ3v) is 4.64. The Morgan fingerprint density at radius 1 is 1.28 bits per heavy atom. The molecule has 0 saturated carbocycles. The molecule has 1 unspecified atom stereocenters. The summed E-state index contributed by atoms with van der Waals surface area (Å²) in [5.41, 5.74) is 6.45. The Bertz CT molecular complexity index is 947. The summed E-state index contributed by atoms with van der Waals surface area (Å²) < 4.78 is 19.7. The van der Waals surface area contributed by atoms with E-state index in [1.807, 2.05) is 0 Å². The van der Waals surface area contributed by atoms with Crippen molar-refractivity contribution in [3.05, 3.63) is 53.8 Å². The van der Waals surface area contributed by atoms with Gasteiger partial charge in [0.15, 0.2) is 0 Å². The van der Waals surface area contributed by atoms with E-state index in [1.165, 1.54) is 11.0 Å². The minimum absolute atomic E-state index is 0.0101. The lowest BCUT2D eigenvalue weighted by Gasteiger charge is -2.18. The van der Waals surface area contributed by atoms with Crippen molar-refractivity contribution < 1.29 is 23.5 Å². The first kappa shape index (κ1) is 20.3. The van der Waals surface area contributed by atoms with Gasteiger partial charge in [-0.2, -0.15) is 0 Å². The second-order valence-corrected chi connectivity index (χ2v) is 6.91. The normalized spacial score (nSPS) is 16.0. The van der Waals surface area contributed by atoms with Crippen LogP contribution in [0.15, 0.2) is 42.5 Å². The molecule has 8 heteroatoms. The highest BCUT2D eigenvalue weighted by atomic mass is 19.1. The number of aryl methyl sites for hydroxylation is 1. The molecule has 1 aliphatic rings. The number of para-hydroxylation sites is 2. The van der Waals surface area contributed by atoms with Crippen molar-refractivity contribution >= 4 is 29.1 Å². The molecule has 0 bridgehead atoms. The average molecular weight is 399 g/mol. The first-order valence-corrected chi connectivity index (χ1v) is 9.22. The van der Waals surface area contributed by atoms with Crippen LogP contribution in [-0.4, -0.2) is 30.9 Å². The Balaban J connectivity index is 1.68. The summed E-state index contributed by atoms with van der Waals surface area (Å²) in [5.74, 6) is -1.88. The smallest absolute Gasteiger partial charge is 0.229 e. The van der Waals surface area contributed by atoms with Crippen LogP contribution in [0.3, 0.4) is 0 Å². The number of hydrogen-bond acceptors (Lipinski definition) is 4. The summed E-state index contributed by atoms with van der Waals surface area (Å²) >= 11 is 0. The highest BCUT2D eigenvalue weighted by Gasteiger charge is 2.36. The largest absolute Gasteiger partial charge is 0.491 e. The average Bonchev–Trinajstić information content (AvgIpc) is 3.04. The van der Waals surface area contributed by atoms with Gasteiger partial charge in [0.05, 0.1) is 30.3 Å². The zero-order valence-electron chi connectivity index (χ0n) is 16.0. The third kappa shape index (κ3) is 4.90. The molecule has 0 aliphatic carbocycles. The molecule has 3 rings (SSSR count). The Hall–Kier alpha value is -3.42. The number of amides is 3. The second-order valence-electron chi connectivity index (χ2n) is 6.91. The van der Waals surface area contributed by atoms with Gasteiger partial charge in [0.25, 0.3) is 0 Å². The molecule has 0 aromatic heterocycles. The molecule has 1 atom stereocenters. The molecular formula is C21H22FN3O4. The van der Waals surface area contributed by atoms with E-state index >= 15 is 0 Å². The lowest BCUT2D eigenvalue weighted by molar-refractivity contribution is -0.122. The molecule has 2 aromatic carbocycles. The lowest BCUT2D eigenvalue weighted by Crippen LogP contribution is -2.28. The van der Waals surface area contributed by atoms with Crippen molar-refractivity contribution in [2.45, 2.75) is 19.8 Å². The zero-order valence-corrected chi connectivity index (χ0v) is 16.0. The van der Waals surface area contributed by atoms with Crippen molar-refractivity contribution in [3.63, 3.8) is 0 Å². The standard InChI is InChI=1S/C21H22FN3O4/c1-13-6-7-17(15(22)10-13)25-12-14(11-20(25)27)21(28)24-16-4-2-3-5-18(16)29-9-8-19(23)26/h2-7,10,14H,8-9,11-12H2,1H3,(H2,23,26)(H,24,28). The first-order chi connectivity index (χ1) is 13.8. The van der Waals surface area contributed by atoms with E-state index in [2.05, 4.69) is 5.32 Å². The third-order valence-electron chi connectivity index (χ3n) is 4.64. The maximum absolute atomic E-state index is 14.2. The molecule has 0 spiro atoms. The van der Waals surface area contributed by atoms with Crippen LogP contribution in [0, 0.1) is 18.7 Å². The van der Waals surface area contributed by atoms with Crippen LogP contribution in [0.5, 0.6) is 5.75 Å². The number of halogens is 1. The Labute approximate surface area is 167 Å². The van der Waals surface area contributed by atoms with E-state index in [0.29, 0.717) is 11.4 Å². The van der Waals surface area contributed by atoms with Gasteiger partial charge in [-0.1, -0.05) is 18.2 Å². The van der Waals surface area contributed by atoms with Crippen LogP contribution in [0.4, 0.5) is 15.8 Å². The molecule has 7 nitrogen and oxygen atoms in total. The predicted octanol–water partition coefficient (Wildman–Crippen LogP) is 2.38. The number of primary amides is 1. The maximum atomic E-state index is 14.2. The molecule has 0 radical (unpaired) electrons. The lowest BCUT2D eigenvalue weighted by atomic mass is 10.1. The molecule has 29 heavy (non-hydrogen) atoms. The minimum Gasteiger partial charge on any atom is -0.491 e. The van der Waals surface area contributed by atoms with Gasteiger partial charge in [-0.15, -0.1) is 0 Å². The molecular weight excluding hydrogens is 377 g/mol. The number of nitrogens with one attached hydrogen (secondary N) is 1. The minimum atomic E-state index is -0.623. The van der Waals surface area contributed by atoms with E-state index in [0.717, 1.165) is 5.56 Å². The highest BCUT2D eigenvalue weighted by molar-refractivity contribution is 6.04. The van der Waals surface area contributed by atoms with Gasteiger partial charge >= 0.3 is 0 Å². The van der Waals surface area contributed by atoms with E-state index in [1.54, 1.807) is 43.3 Å². The second kappa shape index (κ2) is 8.72. The molecule has 1 fully saturated rings. The number of benzene rings is 2. The van der Waals surface area contributed by atoms with Crippen LogP contribution in [0.1, 0.15) is 18.4 Å². The van der Waals surface area contributed by atoms with E-state index < -0.39 is 17.6 Å². The van der Waals surface area contributed by atoms with Crippen LogP contribution in [0.2, 0.25) is 0 Å². The van der Waals surface area contributed by atoms with Gasteiger partial charge in [-0.25, -0.2) is 4.39 Å². The monoisotopic (exact) mass is 399 g/mol. The summed E-state index contributed by atoms with van der Waals surface area (Å²) in [7, 11) is 0. The molecule has 3 amide bonds. The summed E-state index contributed by atoms with van der Waals surface area (Å²) in [4.78, 5) is 37.2. The number of nitrogens with two attached hydrogens (primary N) is 1. The Kier molecular flexibility index (Phi) is 6.11. The van der Waals surface area contributed by atoms with E-state index in [4.69, 9.17) is 10.5 Å². The Morgan fingerprint density at radius 3 is 2.76 bits per heavy atom. The zero-order chi connectivity index (χ0) is 21.0. The number of carbonyl (C=O) groups is 3. The SMILES string of the molecule is Cc1ccc(N2CC(C(=O)Nc3ccccc3OCCC(N)=O)CC2=O)c(F)c1. The molecule has 3 N–H and O–H groups in total. The molecule has 1 heterocycles. The predicted molar refractivity (Wildman–Crippen MR) is 106 cm³/mol. The highest BCUT2D eigenvalue weighted by Crippen LogP contribution is 2.30. The molecule has 152 valence electrons. The van der Waals surface area contributed by atoms with Gasteiger partial charge in [0.2, 0.25) is 17.7 Å². The summed E-state index contributed by atoms with van der Waals surface area (Å²) in [6, 6.07) is 11.4. The molecule has 2 aromatic rings. The van der Waals surface area contributed by atoms with Gasteiger partial charge in [-0.3, -0.25) is 14.4 Å². The van der Waals surface area contributed by atoms with Crippen molar-refractivity contribution in [1.82, 2.24) is 0 Å². The number of ether oxygens (including phenoxy) is 1. The van der Waals surface area contributed by atoms with E-state index in [-0.39, 0.29) is 43.5 Å². The fourth-order valence-corrected chi connectivity index (χ4v) is 3.14. The van der Waals surface area contributed by atoms with Crippen LogP contribution in [0.25, 0.3) is 0 Å². The van der Waals surface area contributed by atoms with Crippen molar-refractivity contribution in [3.8, 4) is 5.75 Å². The Morgan fingerprint density at radius 2 is 2.03 bits per heavy atom. The molecule has 1 aliphatic heterocycles. The number of anilines is 2. The summed E-state index contributed by atoms with van der Waals surface area (Å²) in [6.45, 7) is 1.94. The van der Waals surface area contributed by atoms with Crippen LogP contribution in [-0.2, 0) is 14.4 Å². The molecule has 1 saturated heterocycles. The van der Waals surface area contributed by atoms with Gasteiger partial charge < -0.3 is 20.7 Å². The number of nitrogens with zero attached hydrogens (tertiary/aromatic N) is 1. The fourth-order valence-electron chi connectivity index (χ4n) is 3.14. The topological polar surface area (TPSA) is 102 Å². The number of hydrogen-bond donors (Lipinski definition) is 2. The quantitative estimate of drug-likeness (QED) is 0.746. The van der Waals surface area contributed by atoms with Gasteiger partial charge in [0, 0.05) is 13.0 Å². The van der Waals surface area contributed by atoms with Crippen molar-refractivity contribution in [2.75, 3.05) is 23.4 Å².